The molecule has 0 atom stereocenters. The molecule has 0 amide bonds. The Morgan fingerprint density at radius 3 is 2.67 bits per heavy atom. The number of hydrogen-bond acceptors (Lipinski definition) is 3. The van der Waals surface area contributed by atoms with Gasteiger partial charge in [-0.25, -0.2) is 0 Å². The summed E-state index contributed by atoms with van der Waals surface area (Å²) < 4.78 is 10.3. The first kappa shape index (κ1) is 11.5. The highest BCUT2D eigenvalue weighted by Gasteiger charge is 2.09. The van der Waals surface area contributed by atoms with Crippen molar-refractivity contribution in [3.8, 4) is 5.75 Å². The highest BCUT2D eigenvalue weighted by Crippen LogP contribution is 2.23. The van der Waals surface area contributed by atoms with E-state index in [0.29, 0.717) is 13.0 Å². The zero-order chi connectivity index (χ0) is 11.3. The van der Waals surface area contributed by atoms with Crippen LogP contribution >= 0.6 is 0 Å². The van der Waals surface area contributed by atoms with Crippen LogP contribution in [0.15, 0.2) is 18.2 Å². The van der Waals surface area contributed by atoms with Crippen molar-refractivity contribution in [3.63, 3.8) is 0 Å². The second-order valence-electron chi connectivity index (χ2n) is 3.23. The molecule has 0 spiro atoms. The largest absolute Gasteiger partial charge is 0.496 e. The van der Waals surface area contributed by atoms with Crippen LogP contribution in [0.2, 0.25) is 0 Å². The van der Waals surface area contributed by atoms with Crippen LogP contribution in [0.1, 0.15) is 11.1 Å². The van der Waals surface area contributed by atoms with Gasteiger partial charge in [0, 0.05) is 19.1 Å². The Morgan fingerprint density at radius 2 is 2.13 bits per heavy atom. The minimum absolute atomic E-state index is 0.122. The smallest absolute Gasteiger partial charge is 0.122 e. The maximum Gasteiger partial charge on any atom is 0.122 e. The van der Waals surface area contributed by atoms with Gasteiger partial charge >= 0.3 is 0 Å². The first-order valence-corrected chi connectivity index (χ1v) is 4.65. The summed E-state index contributed by atoms with van der Waals surface area (Å²) in [6.45, 7) is 0.500. The van der Waals surface area contributed by atoms with Crippen molar-refractivity contribution in [2.75, 3.05) is 14.2 Å². The Hall–Kier alpha value is -1.55. The molecular weight excluding hydrogens is 192 g/mol. The standard InChI is InChI=1S/C11H16N2O2/c1-14-7-8-4-3-5-10(15-2)9(8)6-11(12)13/h3-5H,6-7H2,1-2H3,(H3,12,13). The normalized spacial score (nSPS) is 10.0. The van der Waals surface area contributed by atoms with E-state index in [-0.39, 0.29) is 5.84 Å². The summed E-state index contributed by atoms with van der Waals surface area (Å²) in [6.07, 6.45) is 0.392. The van der Waals surface area contributed by atoms with Crippen molar-refractivity contribution in [1.82, 2.24) is 0 Å². The maximum absolute atomic E-state index is 7.31. The van der Waals surface area contributed by atoms with Crippen LogP contribution in [0.25, 0.3) is 0 Å². The molecule has 4 heteroatoms. The van der Waals surface area contributed by atoms with Crippen molar-refractivity contribution in [1.29, 1.82) is 5.41 Å². The molecule has 0 heterocycles. The second kappa shape index (κ2) is 5.36. The zero-order valence-corrected chi connectivity index (χ0v) is 9.04. The minimum atomic E-state index is 0.122. The summed E-state index contributed by atoms with van der Waals surface area (Å²) in [5, 5.41) is 7.31. The third kappa shape index (κ3) is 2.95. The van der Waals surface area contributed by atoms with Crippen molar-refractivity contribution < 1.29 is 9.47 Å². The fourth-order valence-electron chi connectivity index (χ4n) is 1.48. The van der Waals surface area contributed by atoms with E-state index in [0.717, 1.165) is 16.9 Å². The SMILES string of the molecule is COCc1cccc(OC)c1CC(=N)N. The fourth-order valence-corrected chi connectivity index (χ4v) is 1.48. The molecule has 0 aliphatic carbocycles. The molecule has 15 heavy (non-hydrogen) atoms. The molecule has 0 aliphatic rings. The molecule has 0 saturated heterocycles. The number of nitrogens with two attached hydrogens (primary N) is 1. The molecule has 1 aromatic rings. The molecule has 0 aromatic heterocycles. The predicted molar refractivity (Wildman–Crippen MR) is 59.3 cm³/mol. The third-order valence-corrected chi connectivity index (χ3v) is 2.12. The van der Waals surface area contributed by atoms with Gasteiger partial charge in [-0.15, -0.1) is 0 Å². The van der Waals surface area contributed by atoms with Gasteiger partial charge in [0.2, 0.25) is 0 Å². The van der Waals surface area contributed by atoms with Crippen LogP contribution in [0, 0.1) is 5.41 Å². The molecule has 1 rings (SSSR count). The van der Waals surface area contributed by atoms with E-state index in [1.54, 1.807) is 14.2 Å². The highest BCUT2D eigenvalue weighted by molar-refractivity contribution is 5.80. The van der Waals surface area contributed by atoms with Gasteiger partial charge in [-0.1, -0.05) is 12.1 Å². The fraction of sp³-hybridized carbons (Fsp3) is 0.364. The van der Waals surface area contributed by atoms with E-state index in [4.69, 9.17) is 20.6 Å². The Kier molecular flexibility index (Phi) is 4.12. The van der Waals surface area contributed by atoms with Crippen molar-refractivity contribution in [3.05, 3.63) is 29.3 Å². The monoisotopic (exact) mass is 208 g/mol. The summed E-state index contributed by atoms with van der Waals surface area (Å²) >= 11 is 0. The van der Waals surface area contributed by atoms with Crippen LogP contribution in [0.4, 0.5) is 0 Å². The molecule has 0 saturated carbocycles. The van der Waals surface area contributed by atoms with E-state index in [9.17, 15) is 0 Å². The van der Waals surface area contributed by atoms with E-state index >= 15 is 0 Å². The van der Waals surface area contributed by atoms with Gasteiger partial charge in [0.15, 0.2) is 0 Å². The second-order valence-corrected chi connectivity index (χ2v) is 3.23. The summed E-state index contributed by atoms with van der Waals surface area (Å²) in [6, 6.07) is 5.71. The summed E-state index contributed by atoms with van der Waals surface area (Å²) in [5.74, 6) is 0.872. The first-order valence-electron chi connectivity index (χ1n) is 4.65. The minimum Gasteiger partial charge on any atom is -0.496 e. The lowest BCUT2D eigenvalue weighted by atomic mass is 10.0. The van der Waals surface area contributed by atoms with E-state index in [1.807, 2.05) is 18.2 Å². The lowest BCUT2D eigenvalue weighted by Gasteiger charge is -2.12. The number of amidine groups is 1. The Morgan fingerprint density at radius 1 is 1.40 bits per heavy atom. The number of ether oxygens (including phenoxy) is 2. The first-order chi connectivity index (χ1) is 7.19. The zero-order valence-electron chi connectivity index (χ0n) is 9.04. The summed E-state index contributed by atoms with van der Waals surface area (Å²) in [7, 11) is 3.24. The van der Waals surface area contributed by atoms with Gasteiger partial charge in [0.25, 0.3) is 0 Å². The van der Waals surface area contributed by atoms with Gasteiger partial charge < -0.3 is 15.2 Å². The molecule has 1 aromatic carbocycles. The summed E-state index contributed by atoms with van der Waals surface area (Å²) in [4.78, 5) is 0. The summed E-state index contributed by atoms with van der Waals surface area (Å²) in [5.41, 5.74) is 7.33. The highest BCUT2D eigenvalue weighted by atomic mass is 16.5. The number of methoxy groups -OCH3 is 2. The van der Waals surface area contributed by atoms with Gasteiger partial charge in [-0.3, -0.25) is 5.41 Å². The molecule has 0 bridgehead atoms. The van der Waals surface area contributed by atoms with Crippen LogP contribution in [-0.4, -0.2) is 20.1 Å². The van der Waals surface area contributed by atoms with Crippen molar-refractivity contribution in [2.45, 2.75) is 13.0 Å². The van der Waals surface area contributed by atoms with Gasteiger partial charge in [0.1, 0.15) is 5.75 Å². The van der Waals surface area contributed by atoms with Crippen molar-refractivity contribution >= 4 is 5.84 Å². The van der Waals surface area contributed by atoms with E-state index in [2.05, 4.69) is 0 Å². The van der Waals surface area contributed by atoms with Gasteiger partial charge in [-0.05, 0) is 11.6 Å². The maximum atomic E-state index is 7.31. The number of benzene rings is 1. The third-order valence-electron chi connectivity index (χ3n) is 2.12. The van der Waals surface area contributed by atoms with Gasteiger partial charge in [0.05, 0.1) is 19.6 Å². The lowest BCUT2D eigenvalue weighted by molar-refractivity contribution is 0.184. The van der Waals surface area contributed by atoms with Crippen molar-refractivity contribution in [2.24, 2.45) is 5.73 Å². The van der Waals surface area contributed by atoms with Crippen LogP contribution in [0.3, 0.4) is 0 Å². The van der Waals surface area contributed by atoms with E-state index < -0.39 is 0 Å². The molecule has 0 unspecified atom stereocenters. The molecule has 0 radical (unpaired) electrons. The molecule has 4 nitrogen and oxygen atoms in total. The Labute approximate surface area is 89.5 Å². The lowest BCUT2D eigenvalue weighted by Crippen LogP contribution is -2.15. The van der Waals surface area contributed by atoms with Crippen LogP contribution in [0.5, 0.6) is 5.75 Å². The predicted octanol–water partition coefficient (Wildman–Crippen LogP) is 1.32. The quantitative estimate of drug-likeness (QED) is 0.566. The Balaban J connectivity index is 3.08. The number of rotatable bonds is 5. The van der Waals surface area contributed by atoms with Crippen LogP contribution < -0.4 is 10.5 Å². The topological polar surface area (TPSA) is 68.3 Å². The Bertz CT molecular complexity index is 350. The average molecular weight is 208 g/mol. The van der Waals surface area contributed by atoms with E-state index in [1.165, 1.54) is 0 Å². The number of hydrogen-bond donors (Lipinski definition) is 2. The molecule has 3 N–H and O–H groups in total. The molecule has 82 valence electrons. The molecule has 0 aliphatic heterocycles. The average Bonchev–Trinajstić information content (AvgIpc) is 2.20. The van der Waals surface area contributed by atoms with Crippen LogP contribution in [-0.2, 0) is 17.8 Å². The van der Waals surface area contributed by atoms with Gasteiger partial charge in [-0.2, -0.15) is 0 Å². The molecular formula is C11H16N2O2. The molecule has 0 fully saturated rings. The number of nitrogens with one attached hydrogen (secondary N) is 1.